The van der Waals surface area contributed by atoms with Gasteiger partial charge in [-0.2, -0.15) is 0 Å². The van der Waals surface area contributed by atoms with Gasteiger partial charge in [-0.05, 0) is 55.0 Å². The number of hydrogen-bond acceptors (Lipinski definition) is 3. The first-order valence-corrected chi connectivity index (χ1v) is 11.3. The number of amides is 1. The molecular weight excluding hydrogens is 376 g/mol. The third-order valence-corrected chi connectivity index (χ3v) is 7.27. The first-order chi connectivity index (χ1) is 14.6. The number of piperidine rings is 1. The van der Waals surface area contributed by atoms with Crippen LogP contribution < -0.4 is 10.3 Å². The molecule has 1 aromatic carbocycles. The van der Waals surface area contributed by atoms with Crippen LogP contribution in [0.3, 0.4) is 0 Å². The van der Waals surface area contributed by atoms with Crippen molar-refractivity contribution in [2.45, 2.75) is 51.0 Å². The zero-order valence-electron chi connectivity index (χ0n) is 17.7. The van der Waals surface area contributed by atoms with E-state index in [0.29, 0.717) is 18.4 Å². The number of carbonyl (C=O) groups is 1. The molecule has 3 heterocycles. The standard InChI is InChI=1S/C25H30N2O3/c1-30-21-9-7-18(8-10-21)22-11-12-23-20-13-17(15-27(23)25(22)29)14-26(16-20)24(28)19-5-3-2-4-6-19/h7-12,17,19-20H,2-6,13-16H2,1H3. The summed E-state index contributed by atoms with van der Waals surface area (Å²) in [6.45, 7) is 2.26. The maximum Gasteiger partial charge on any atom is 0.258 e. The molecule has 2 aliphatic heterocycles. The highest BCUT2D eigenvalue weighted by Gasteiger charge is 2.38. The first-order valence-electron chi connectivity index (χ1n) is 11.3. The molecule has 1 saturated heterocycles. The van der Waals surface area contributed by atoms with E-state index in [4.69, 9.17) is 4.74 Å². The number of pyridine rings is 1. The third-order valence-electron chi connectivity index (χ3n) is 7.27. The van der Waals surface area contributed by atoms with Crippen molar-refractivity contribution < 1.29 is 9.53 Å². The molecule has 5 heteroatoms. The van der Waals surface area contributed by atoms with Crippen molar-refractivity contribution >= 4 is 5.91 Å². The Labute approximate surface area is 177 Å². The highest BCUT2D eigenvalue weighted by molar-refractivity contribution is 5.79. The molecule has 0 N–H and O–H groups in total. The number of nitrogens with zero attached hydrogens (tertiary/aromatic N) is 2. The third kappa shape index (κ3) is 3.44. The molecule has 2 unspecified atom stereocenters. The minimum atomic E-state index is 0.0828. The van der Waals surface area contributed by atoms with Gasteiger partial charge in [0.1, 0.15) is 5.75 Å². The van der Waals surface area contributed by atoms with Crippen LogP contribution in [-0.4, -0.2) is 35.6 Å². The van der Waals surface area contributed by atoms with Gasteiger partial charge in [-0.15, -0.1) is 0 Å². The number of hydrogen-bond donors (Lipinski definition) is 0. The average molecular weight is 407 g/mol. The van der Waals surface area contributed by atoms with Crippen molar-refractivity contribution in [1.82, 2.24) is 9.47 Å². The molecule has 0 spiro atoms. The minimum absolute atomic E-state index is 0.0828. The number of likely N-dealkylation sites (tertiary alicyclic amines) is 1. The van der Waals surface area contributed by atoms with E-state index in [-0.39, 0.29) is 17.4 Å². The van der Waals surface area contributed by atoms with Gasteiger partial charge in [0.2, 0.25) is 5.91 Å². The van der Waals surface area contributed by atoms with E-state index in [1.54, 1.807) is 7.11 Å². The van der Waals surface area contributed by atoms with E-state index in [0.717, 1.165) is 54.9 Å². The maximum absolute atomic E-state index is 13.3. The molecule has 1 aromatic heterocycles. The number of benzene rings is 1. The number of methoxy groups -OCH3 is 1. The smallest absolute Gasteiger partial charge is 0.258 e. The summed E-state index contributed by atoms with van der Waals surface area (Å²) in [4.78, 5) is 28.5. The van der Waals surface area contributed by atoms with Gasteiger partial charge in [-0.25, -0.2) is 0 Å². The molecule has 5 nitrogen and oxygen atoms in total. The zero-order chi connectivity index (χ0) is 20.7. The molecule has 1 amide bonds. The van der Waals surface area contributed by atoms with E-state index in [1.807, 2.05) is 34.9 Å². The molecule has 0 radical (unpaired) electrons. The van der Waals surface area contributed by atoms with E-state index in [1.165, 1.54) is 19.3 Å². The second-order valence-electron chi connectivity index (χ2n) is 9.19. The summed E-state index contributed by atoms with van der Waals surface area (Å²) >= 11 is 0. The van der Waals surface area contributed by atoms with E-state index in [9.17, 15) is 9.59 Å². The Kier molecular flexibility index (Phi) is 5.13. The van der Waals surface area contributed by atoms with Crippen LogP contribution >= 0.6 is 0 Å². The van der Waals surface area contributed by atoms with Crippen LogP contribution in [0.2, 0.25) is 0 Å². The van der Waals surface area contributed by atoms with E-state index >= 15 is 0 Å². The van der Waals surface area contributed by atoms with Gasteiger partial charge in [0, 0.05) is 42.7 Å². The Morgan fingerprint density at radius 1 is 0.967 bits per heavy atom. The molecule has 2 bridgehead atoms. The highest BCUT2D eigenvalue weighted by atomic mass is 16.5. The molecule has 2 atom stereocenters. The van der Waals surface area contributed by atoms with Crippen LogP contribution in [0.4, 0.5) is 0 Å². The minimum Gasteiger partial charge on any atom is -0.497 e. The fraction of sp³-hybridized carbons (Fsp3) is 0.520. The van der Waals surface area contributed by atoms with Crippen LogP contribution in [0.1, 0.15) is 50.1 Å². The predicted molar refractivity (Wildman–Crippen MR) is 117 cm³/mol. The summed E-state index contributed by atoms with van der Waals surface area (Å²) < 4.78 is 7.21. The van der Waals surface area contributed by atoms with Crippen molar-refractivity contribution in [3.05, 3.63) is 52.4 Å². The lowest BCUT2D eigenvalue weighted by Crippen LogP contribution is -2.50. The van der Waals surface area contributed by atoms with Crippen LogP contribution in [0.15, 0.2) is 41.2 Å². The number of fused-ring (bicyclic) bond motifs is 4. The Balaban J connectivity index is 1.40. The molecule has 158 valence electrons. The van der Waals surface area contributed by atoms with Crippen LogP contribution in [-0.2, 0) is 11.3 Å². The summed E-state index contributed by atoms with van der Waals surface area (Å²) in [6.07, 6.45) is 6.81. The lowest BCUT2D eigenvalue weighted by molar-refractivity contribution is -0.139. The second-order valence-corrected chi connectivity index (χ2v) is 9.19. The summed E-state index contributed by atoms with van der Waals surface area (Å²) in [7, 11) is 1.64. The Bertz CT molecular complexity index is 988. The van der Waals surface area contributed by atoms with Crippen molar-refractivity contribution in [3.63, 3.8) is 0 Å². The summed E-state index contributed by atoms with van der Waals surface area (Å²) in [6, 6.07) is 11.7. The Morgan fingerprint density at radius 2 is 1.73 bits per heavy atom. The van der Waals surface area contributed by atoms with Crippen LogP contribution in [0, 0.1) is 11.8 Å². The monoisotopic (exact) mass is 406 g/mol. The summed E-state index contributed by atoms with van der Waals surface area (Å²) in [5.41, 5.74) is 2.83. The Hall–Kier alpha value is -2.56. The zero-order valence-corrected chi connectivity index (χ0v) is 17.7. The largest absolute Gasteiger partial charge is 0.497 e. The number of ether oxygens (including phenoxy) is 1. The topological polar surface area (TPSA) is 51.5 Å². The number of carbonyl (C=O) groups excluding carboxylic acids is 1. The Morgan fingerprint density at radius 3 is 2.47 bits per heavy atom. The lowest BCUT2D eigenvalue weighted by atomic mass is 9.81. The molecule has 5 rings (SSSR count). The van der Waals surface area contributed by atoms with Gasteiger partial charge in [0.15, 0.2) is 0 Å². The normalized spacial score (nSPS) is 23.7. The molecule has 3 aliphatic rings. The predicted octanol–water partition coefficient (Wildman–Crippen LogP) is 4.05. The number of aromatic nitrogens is 1. The molecule has 30 heavy (non-hydrogen) atoms. The highest BCUT2D eigenvalue weighted by Crippen LogP contribution is 2.37. The van der Waals surface area contributed by atoms with Crippen molar-refractivity contribution in [3.8, 4) is 16.9 Å². The fourth-order valence-electron chi connectivity index (χ4n) is 5.72. The van der Waals surface area contributed by atoms with Gasteiger partial charge in [0.05, 0.1) is 7.11 Å². The molecule has 1 aliphatic carbocycles. The first kappa shape index (κ1) is 19.4. The van der Waals surface area contributed by atoms with Crippen LogP contribution in [0.25, 0.3) is 11.1 Å². The van der Waals surface area contributed by atoms with Gasteiger partial charge < -0.3 is 14.2 Å². The lowest BCUT2D eigenvalue weighted by Gasteiger charge is -2.44. The molecule has 2 aromatic rings. The fourth-order valence-corrected chi connectivity index (χ4v) is 5.72. The van der Waals surface area contributed by atoms with Gasteiger partial charge >= 0.3 is 0 Å². The van der Waals surface area contributed by atoms with Crippen molar-refractivity contribution in [2.24, 2.45) is 11.8 Å². The average Bonchev–Trinajstić information content (AvgIpc) is 2.80. The van der Waals surface area contributed by atoms with E-state index < -0.39 is 0 Å². The second kappa shape index (κ2) is 7.93. The molecular formula is C25H30N2O3. The van der Waals surface area contributed by atoms with Crippen molar-refractivity contribution in [1.29, 1.82) is 0 Å². The van der Waals surface area contributed by atoms with Crippen LogP contribution in [0.5, 0.6) is 5.75 Å². The summed E-state index contributed by atoms with van der Waals surface area (Å²) in [5.74, 6) is 2.00. The molecule has 2 fully saturated rings. The SMILES string of the molecule is COc1ccc(-c2ccc3n(c2=O)CC2CC3CN(C(=O)C3CCCCC3)C2)cc1. The maximum atomic E-state index is 13.3. The van der Waals surface area contributed by atoms with Gasteiger partial charge in [0.25, 0.3) is 5.56 Å². The quantitative estimate of drug-likeness (QED) is 0.773. The summed E-state index contributed by atoms with van der Waals surface area (Å²) in [5, 5.41) is 0. The number of rotatable bonds is 3. The van der Waals surface area contributed by atoms with Gasteiger partial charge in [-0.3, -0.25) is 9.59 Å². The van der Waals surface area contributed by atoms with Gasteiger partial charge in [-0.1, -0.05) is 31.4 Å². The van der Waals surface area contributed by atoms with E-state index in [2.05, 4.69) is 11.0 Å². The van der Waals surface area contributed by atoms with Crippen molar-refractivity contribution in [2.75, 3.05) is 20.2 Å². The molecule has 1 saturated carbocycles.